The minimum Gasteiger partial charge on any atom is -0.318 e. The Morgan fingerprint density at radius 3 is 2.41 bits per heavy atom. The van der Waals surface area contributed by atoms with Crippen molar-refractivity contribution >= 4 is 23.1 Å². The van der Waals surface area contributed by atoms with Gasteiger partial charge in [0, 0.05) is 17.5 Å². The topological polar surface area (TPSA) is 125 Å². The van der Waals surface area contributed by atoms with Crippen molar-refractivity contribution in [2.75, 3.05) is 0 Å². The van der Waals surface area contributed by atoms with Crippen LogP contribution in [0.25, 0.3) is 0 Å². The molecule has 0 amide bonds. The Morgan fingerprint density at radius 1 is 1.04 bits per heavy atom. The third-order valence-corrected chi connectivity index (χ3v) is 5.32. The molecule has 9 heteroatoms. The van der Waals surface area contributed by atoms with E-state index in [4.69, 9.17) is 4.84 Å². The molecule has 1 atom stereocenters. The van der Waals surface area contributed by atoms with Gasteiger partial charge in [0.25, 0.3) is 11.4 Å². The molecule has 0 spiro atoms. The van der Waals surface area contributed by atoms with Crippen LogP contribution >= 0.6 is 0 Å². The van der Waals surface area contributed by atoms with Gasteiger partial charge in [-0.1, -0.05) is 24.4 Å². The first-order valence-electron chi connectivity index (χ1n) is 9.17. The van der Waals surface area contributed by atoms with Crippen LogP contribution in [0, 0.1) is 26.1 Å². The van der Waals surface area contributed by atoms with Gasteiger partial charge in [-0.25, -0.2) is 4.79 Å². The van der Waals surface area contributed by atoms with Crippen molar-refractivity contribution in [3.8, 4) is 0 Å². The average molecular weight is 375 g/mol. The number of hydrogen-bond acceptors (Lipinski definition) is 7. The molecule has 2 saturated carbocycles. The Morgan fingerprint density at radius 2 is 1.74 bits per heavy atom. The SMILES string of the molecule is O=C(O/N=C1/CCCC[C@@H]1c1ccc([N+](=O)[O-])cc1[N+](=O)[O-])C1CCCC1. The van der Waals surface area contributed by atoms with Crippen LogP contribution in [-0.4, -0.2) is 21.5 Å². The van der Waals surface area contributed by atoms with Crippen LogP contribution in [0.4, 0.5) is 11.4 Å². The number of non-ortho nitro benzene ring substituents is 1. The van der Waals surface area contributed by atoms with E-state index in [0.717, 1.165) is 44.6 Å². The monoisotopic (exact) mass is 375 g/mol. The van der Waals surface area contributed by atoms with E-state index in [1.54, 1.807) is 0 Å². The van der Waals surface area contributed by atoms with Gasteiger partial charge in [0.1, 0.15) is 0 Å². The van der Waals surface area contributed by atoms with Gasteiger partial charge in [0.15, 0.2) is 0 Å². The quantitative estimate of drug-likeness (QED) is 0.430. The highest BCUT2D eigenvalue weighted by Gasteiger charge is 2.31. The lowest BCUT2D eigenvalue weighted by atomic mass is 9.81. The number of nitrogens with zero attached hydrogens (tertiary/aromatic N) is 3. The van der Waals surface area contributed by atoms with Gasteiger partial charge in [0.2, 0.25) is 0 Å². The summed E-state index contributed by atoms with van der Waals surface area (Å²) < 4.78 is 0. The number of carbonyl (C=O) groups excluding carboxylic acids is 1. The zero-order valence-corrected chi connectivity index (χ0v) is 14.8. The first kappa shape index (κ1) is 18.9. The molecule has 0 bridgehead atoms. The summed E-state index contributed by atoms with van der Waals surface area (Å²) in [5, 5.41) is 26.4. The first-order valence-corrected chi connectivity index (χ1v) is 9.17. The molecule has 2 aliphatic carbocycles. The largest absolute Gasteiger partial charge is 0.338 e. The van der Waals surface area contributed by atoms with E-state index in [-0.39, 0.29) is 29.2 Å². The van der Waals surface area contributed by atoms with Gasteiger partial charge in [-0.15, -0.1) is 0 Å². The summed E-state index contributed by atoms with van der Waals surface area (Å²) in [5.41, 5.74) is 0.337. The number of carbonyl (C=O) groups is 1. The number of rotatable bonds is 5. The summed E-state index contributed by atoms with van der Waals surface area (Å²) in [6.07, 6.45) is 6.55. The number of oxime groups is 1. The zero-order valence-electron chi connectivity index (χ0n) is 14.8. The van der Waals surface area contributed by atoms with Gasteiger partial charge in [-0.05, 0) is 38.2 Å². The zero-order chi connectivity index (χ0) is 19.4. The van der Waals surface area contributed by atoms with Gasteiger partial charge in [0.05, 0.1) is 27.5 Å². The van der Waals surface area contributed by atoms with Gasteiger partial charge in [-0.2, -0.15) is 0 Å². The second kappa shape index (κ2) is 8.24. The van der Waals surface area contributed by atoms with Crippen molar-refractivity contribution < 1.29 is 19.5 Å². The van der Waals surface area contributed by atoms with Crippen LogP contribution in [0.3, 0.4) is 0 Å². The maximum absolute atomic E-state index is 12.1. The second-order valence-electron chi connectivity index (χ2n) is 7.03. The normalized spacial score (nSPS) is 21.9. The molecule has 2 aliphatic rings. The van der Waals surface area contributed by atoms with Crippen molar-refractivity contribution in [2.45, 2.75) is 57.3 Å². The molecule has 2 fully saturated rings. The number of nitro benzene ring substituents is 2. The fraction of sp³-hybridized carbons (Fsp3) is 0.556. The molecule has 0 saturated heterocycles. The Balaban J connectivity index is 1.86. The highest BCUT2D eigenvalue weighted by atomic mass is 16.7. The van der Waals surface area contributed by atoms with E-state index in [1.165, 1.54) is 12.1 Å². The molecule has 9 nitrogen and oxygen atoms in total. The molecule has 0 aromatic heterocycles. The van der Waals surface area contributed by atoms with E-state index < -0.39 is 9.85 Å². The number of hydrogen-bond donors (Lipinski definition) is 0. The summed E-state index contributed by atoms with van der Waals surface area (Å²) in [7, 11) is 0. The van der Waals surface area contributed by atoms with Crippen molar-refractivity contribution in [1.82, 2.24) is 0 Å². The van der Waals surface area contributed by atoms with Crippen molar-refractivity contribution in [3.05, 3.63) is 44.0 Å². The Kier molecular flexibility index (Phi) is 5.78. The van der Waals surface area contributed by atoms with Crippen LogP contribution in [0.2, 0.25) is 0 Å². The van der Waals surface area contributed by atoms with Gasteiger partial charge < -0.3 is 4.84 Å². The minimum absolute atomic E-state index is 0.120. The van der Waals surface area contributed by atoms with E-state index in [9.17, 15) is 25.0 Å². The van der Waals surface area contributed by atoms with Crippen molar-refractivity contribution in [1.29, 1.82) is 0 Å². The summed E-state index contributed by atoms with van der Waals surface area (Å²) in [6.45, 7) is 0. The Bertz CT molecular complexity index is 785. The van der Waals surface area contributed by atoms with E-state index >= 15 is 0 Å². The smallest absolute Gasteiger partial charge is 0.318 e. The molecular formula is C18H21N3O6. The van der Waals surface area contributed by atoms with Crippen LogP contribution in [0.1, 0.15) is 62.8 Å². The molecule has 27 heavy (non-hydrogen) atoms. The van der Waals surface area contributed by atoms with Crippen LogP contribution in [0.5, 0.6) is 0 Å². The molecular weight excluding hydrogens is 354 g/mol. The summed E-state index contributed by atoms with van der Waals surface area (Å²) in [5.74, 6) is -0.844. The fourth-order valence-corrected chi connectivity index (χ4v) is 3.88. The standard InChI is InChI=1S/C18H21N3O6/c22-18(12-5-1-2-6-12)27-19-16-8-4-3-7-14(16)15-10-9-13(20(23)24)11-17(15)21(25)26/h9-12,14H,1-8H2/b19-16-/t14-/m1/s1. The molecule has 0 radical (unpaired) electrons. The lowest BCUT2D eigenvalue weighted by Crippen LogP contribution is -2.21. The summed E-state index contributed by atoms with van der Waals surface area (Å²) >= 11 is 0. The molecule has 0 unspecified atom stereocenters. The first-order chi connectivity index (χ1) is 13.0. The van der Waals surface area contributed by atoms with E-state index in [0.29, 0.717) is 24.1 Å². The number of nitro groups is 2. The second-order valence-corrected chi connectivity index (χ2v) is 7.03. The number of benzene rings is 1. The van der Waals surface area contributed by atoms with Gasteiger partial charge in [-0.3, -0.25) is 20.2 Å². The van der Waals surface area contributed by atoms with Crippen LogP contribution in [0.15, 0.2) is 23.4 Å². The lowest BCUT2D eigenvalue weighted by molar-refractivity contribution is -0.394. The maximum Gasteiger partial charge on any atom is 0.338 e. The third-order valence-electron chi connectivity index (χ3n) is 5.32. The third kappa shape index (κ3) is 4.29. The average Bonchev–Trinajstić information content (AvgIpc) is 3.20. The fourth-order valence-electron chi connectivity index (χ4n) is 3.88. The molecule has 3 rings (SSSR count). The van der Waals surface area contributed by atoms with Crippen molar-refractivity contribution in [3.63, 3.8) is 0 Å². The van der Waals surface area contributed by atoms with E-state index in [2.05, 4.69) is 5.16 Å². The Hall–Kier alpha value is -2.84. The van der Waals surface area contributed by atoms with Crippen LogP contribution < -0.4 is 0 Å². The minimum atomic E-state index is -0.657. The summed E-state index contributed by atoms with van der Waals surface area (Å²) in [4.78, 5) is 38.4. The van der Waals surface area contributed by atoms with Crippen molar-refractivity contribution in [2.24, 2.45) is 11.1 Å². The molecule has 0 N–H and O–H groups in total. The predicted molar refractivity (Wildman–Crippen MR) is 96.4 cm³/mol. The molecule has 1 aromatic rings. The molecule has 1 aromatic carbocycles. The molecule has 144 valence electrons. The van der Waals surface area contributed by atoms with Gasteiger partial charge >= 0.3 is 5.97 Å². The maximum atomic E-state index is 12.1. The predicted octanol–water partition coefficient (Wildman–Crippen LogP) is 4.25. The van der Waals surface area contributed by atoms with Crippen LogP contribution in [-0.2, 0) is 9.63 Å². The molecule has 0 heterocycles. The van der Waals surface area contributed by atoms with E-state index in [1.807, 2.05) is 0 Å². The highest BCUT2D eigenvalue weighted by Crippen LogP contribution is 2.38. The lowest BCUT2D eigenvalue weighted by Gasteiger charge is -2.23. The highest BCUT2D eigenvalue weighted by molar-refractivity contribution is 5.92. The summed E-state index contributed by atoms with van der Waals surface area (Å²) in [6, 6.07) is 3.66. The Labute approximate surface area is 155 Å². The molecule has 0 aliphatic heterocycles.